The SMILES string of the molecule is COc1ccc(NC(=O)N2CCN(Cc3ccc(C(F)(F)F)cc3N3CCC(c4ccccc4)CC3)CC2)cc1OC. The van der Waals surface area contributed by atoms with E-state index in [4.69, 9.17) is 9.47 Å². The number of amides is 2. The average Bonchev–Trinajstić information content (AvgIpc) is 3.01. The van der Waals surface area contributed by atoms with E-state index in [1.165, 1.54) is 24.8 Å². The summed E-state index contributed by atoms with van der Waals surface area (Å²) in [4.78, 5) is 19.0. The van der Waals surface area contributed by atoms with Gasteiger partial charge in [0.25, 0.3) is 0 Å². The highest BCUT2D eigenvalue weighted by molar-refractivity contribution is 5.89. The summed E-state index contributed by atoms with van der Waals surface area (Å²) in [7, 11) is 3.09. The predicted molar refractivity (Wildman–Crippen MR) is 157 cm³/mol. The summed E-state index contributed by atoms with van der Waals surface area (Å²) in [5.41, 5.74) is 2.80. The lowest BCUT2D eigenvalue weighted by molar-refractivity contribution is -0.137. The number of benzene rings is 3. The van der Waals surface area contributed by atoms with Crippen molar-refractivity contribution in [2.75, 3.05) is 63.7 Å². The quantitative estimate of drug-likeness (QED) is 0.347. The Morgan fingerprint density at radius 2 is 1.55 bits per heavy atom. The Bertz CT molecular complexity index is 1350. The first-order valence-electron chi connectivity index (χ1n) is 14.3. The molecule has 0 atom stereocenters. The molecule has 3 aromatic rings. The van der Waals surface area contributed by atoms with Crippen LogP contribution in [0.3, 0.4) is 0 Å². The first-order chi connectivity index (χ1) is 20.2. The molecule has 0 aliphatic carbocycles. The van der Waals surface area contributed by atoms with Crippen molar-refractivity contribution in [2.24, 2.45) is 0 Å². The van der Waals surface area contributed by atoms with Gasteiger partial charge in [0.15, 0.2) is 11.5 Å². The number of methoxy groups -OCH3 is 2. The summed E-state index contributed by atoms with van der Waals surface area (Å²) >= 11 is 0. The Labute approximate surface area is 244 Å². The molecule has 10 heteroatoms. The fraction of sp³-hybridized carbons (Fsp3) is 0.406. The number of alkyl halides is 3. The third-order valence-electron chi connectivity index (χ3n) is 8.21. The predicted octanol–water partition coefficient (Wildman–Crippen LogP) is 6.46. The molecule has 5 rings (SSSR count). The van der Waals surface area contributed by atoms with Gasteiger partial charge in [-0.3, -0.25) is 4.90 Å². The van der Waals surface area contributed by atoms with Gasteiger partial charge in [-0.15, -0.1) is 0 Å². The van der Waals surface area contributed by atoms with Gasteiger partial charge in [0.1, 0.15) is 0 Å². The fourth-order valence-electron chi connectivity index (χ4n) is 5.81. The lowest BCUT2D eigenvalue weighted by atomic mass is 9.89. The molecule has 2 heterocycles. The Morgan fingerprint density at radius 1 is 0.857 bits per heavy atom. The topological polar surface area (TPSA) is 57.3 Å². The van der Waals surface area contributed by atoms with Crippen LogP contribution in [0.5, 0.6) is 11.5 Å². The third-order valence-corrected chi connectivity index (χ3v) is 8.21. The monoisotopic (exact) mass is 582 g/mol. The average molecular weight is 583 g/mol. The lowest BCUT2D eigenvalue weighted by Gasteiger charge is -2.38. The number of hydrogen-bond acceptors (Lipinski definition) is 5. The Morgan fingerprint density at radius 3 is 2.19 bits per heavy atom. The summed E-state index contributed by atoms with van der Waals surface area (Å²) in [6, 6.07) is 19.4. The number of hydrogen-bond donors (Lipinski definition) is 1. The lowest BCUT2D eigenvalue weighted by Crippen LogP contribution is -2.49. The molecule has 2 amide bonds. The summed E-state index contributed by atoms with van der Waals surface area (Å²) in [5, 5.41) is 2.91. The molecule has 7 nitrogen and oxygen atoms in total. The number of halogens is 3. The highest BCUT2D eigenvalue weighted by Gasteiger charge is 2.33. The molecule has 224 valence electrons. The van der Waals surface area contributed by atoms with Crippen LogP contribution in [0.4, 0.5) is 29.3 Å². The molecular formula is C32H37F3N4O3. The molecule has 2 aliphatic rings. The van der Waals surface area contributed by atoms with Crippen LogP contribution in [0.25, 0.3) is 0 Å². The van der Waals surface area contributed by atoms with Gasteiger partial charge >= 0.3 is 12.2 Å². The molecule has 0 bridgehead atoms. The van der Waals surface area contributed by atoms with E-state index in [0.29, 0.717) is 74.6 Å². The summed E-state index contributed by atoms with van der Waals surface area (Å²) in [6.45, 7) is 4.20. The second-order valence-corrected chi connectivity index (χ2v) is 10.8. The second kappa shape index (κ2) is 12.9. The number of ether oxygens (including phenoxy) is 2. The van der Waals surface area contributed by atoms with Crippen molar-refractivity contribution < 1.29 is 27.4 Å². The van der Waals surface area contributed by atoms with E-state index < -0.39 is 11.7 Å². The van der Waals surface area contributed by atoms with Crippen molar-refractivity contribution in [1.82, 2.24) is 9.80 Å². The highest BCUT2D eigenvalue weighted by atomic mass is 19.4. The van der Waals surface area contributed by atoms with Crippen LogP contribution in [-0.4, -0.2) is 69.3 Å². The smallest absolute Gasteiger partial charge is 0.416 e. The van der Waals surface area contributed by atoms with Crippen molar-refractivity contribution in [3.8, 4) is 11.5 Å². The van der Waals surface area contributed by atoms with Gasteiger partial charge in [-0.25, -0.2) is 4.79 Å². The largest absolute Gasteiger partial charge is 0.493 e. The molecule has 0 aromatic heterocycles. The Balaban J connectivity index is 1.22. The van der Waals surface area contributed by atoms with Gasteiger partial charge < -0.3 is 24.6 Å². The third kappa shape index (κ3) is 6.92. The molecule has 42 heavy (non-hydrogen) atoms. The molecule has 0 radical (unpaired) electrons. The Kier molecular flexibility index (Phi) is 9.11. The van der Waals surface area contributed by atoms with Gasteiger partial charge in [0, 0.05) is 63.3 Å². The number of carbonyl (C=O) groups is 1. The molecule has 3 aromatic carbocycles. The zero-order valence-corrected chi connectivity index (χ0v) is 24.0. The highest BCUT2D eigenvalue weighted by Crippen LogP contribution is 2.37. The number of nitrogens with one attached hydrogen (secondary N) is 1. The molecule has 0 spiro atoms. The van der Waals surface area contributed by atoms with E-state index in [2.05, 4.69) is 27.2 Å². The molecule has 0 unspecified atom stereocenters. The van der Waals surface area contributed by atoms with Crippen molar-refractivity contribution in [3.05, 3.63) is 83.4 Å². The first-order valence-corrected chi connectivity index (χ1v) is 14.3. The number of piperidine rings is 1. The van der Waals surface area contributed by atoms with Crippen molar-refractivity contribution in [3.63, 3.8) is 0 Å². The minimum atomic E-state index is -4.40. The van der Waals surface area contributed by atoms with Crippen LogP contribution >= 0.6 is 0 Å². The maximum Gasteiger partial charge on any atom is 0.416 e. The maximum atomic E-state index is 13.7. The Hall–Kier alpha value is -3.92. The molecule has 2 saturated heterocycles. The standard InChI is InChI=1S/C32H37F3N4O3/c1-41-29-11-10-27(21-30(29)42-2)36-31(40)39-18-16-37(17-19-39)22-25-8-9-26(32(33,34)35)20-28(25)38-14-12-24(13-15-38)23-6-4-3-5-7-23/h3-11,20-21,24H,12-19,22H2,1-2H3,(H,36,40). The number of piperazine rings is 1. The second-order valence-electron chi connectivity index (χ2n) is 10.8. The van der Waals surface area contributed by atoms with Crippen LogP contribution in [-0.2, 0) is 12.7 Å². The van der Waals surface area contributed by atoms with Crippen molar-refractivity contribution >= 4 is 17.4 Å². The van der Waals surface area contributed by atoms with Crippen molar-refractivity contribution in [1.29, 1.82) is 0 Å². The fourth-order valence-corrected chi connectivity index (χ4v) is 5.81. The van der Waals surface area contributed by atoms with Crippen LogP contribution in [0.1, 0.15) is 35.4 Å². The number of carbonyl (C=O) groups excluding carboxylic acids is 1. The van der Waals surface area contributed by atoms with Crippen LogP contribution in [0.15, 0.2) is 66.7 Å². The van der Waals surface area contributed by atoms with E-state index >= 15 is 0 Å². The summed E-state index contributed by atoms with van der Waals surface area (Å²) < 4.78 is 51.6. The van der Waals surface area contributed by atoms with Gasteiger partial charge in [0.05, 0.1) is 19.8 Å². The number of nitrogens with zero attached hydrogens (tertiary/aromatic N) is 3. The van der Waals surface area contributed by atoms with E-state index in [-0.39, 0.29) is 6.03 Å². The minimum absolute atomic E-state index is 0.210. The molecule has 0 saturated carbocycles. The van der Waals surface area contributed by atoms with Gasteiger partial charge in [-0.05, 0) is 54.2 Å². The molecular weight excluding hydrogens is 545 g/mol. The van der Waals surface area contributed by atoms with E-state index in [0.717, 1.165) is 18.4 Å². The van der Waals surface area contributed by atoms with Gasteiger partial charge in [-0.1, -0.05) is 36.4 Å². The van der Waals surface area contributed by atoms with Crippen LogP contribution < -0.4 is 19.7 Å². The molecule has 1 N–H and O–H groups in total. The minimum Gasteiger partial charge on any atom is -0.493 e. The van der Waals surface area contributed by atoms with E-state index in [1.54, 1.807) is 36.3 Å². The van der Waals surface area contributed by atoms with Gasteiger partial charge in [0.2, 0.25) is 0 Å². The number of anilines is 2. The first kappa shape index (κ1) is 29.6. The van der Waals surface area contributed by atoms with E-state index in [9.17, 15) is 18.0 Å². The summed E-state index contributed by atoms with van der Waals surface area (Å²) in [6.07, 6.45) is -2.61. The van der Waals surface area contributed by atoms with Crippen molar-refractivity contribution in [2.45, 2.75) is 31.5 Å². The number of urea groups is 1. The van der Waals surface area contributed by atoms with Crippen LogP contribution in [0.2, 0.25) is 0 Å². The van der Waals surface area contributed by atoms with Gasteiger partial charge in [-0.2, -0.15) is 13.2 Å². The summed E-state index contributed by atoms with van der Waals surface area (Å²) in [5.74, 6) is 1.51. The molecule has 2 fully saturated rings. The molecule has 2 aliphatic heterocycles. The zero-order valence-electron chi connectivity index (χ0n) is 24.0. The number of rotatable bonds is 7. The van der Waals surface area contributed by atoms with E-state index in [1.807, 2.05) is 18.2 Å². The van der Waals surface area contributed by atoms with Crippen LogP contribution in [0, 0.1) is 0 Å². The normalized spacial score (nSPS) is 16.8. The maximum absolute atomic E-state index is 13.7. The zero-order chi connectivity index (χ0) is 29.7.